The van der Waals surface area contributed by atoms with Gasteiger partial charge in [-0.25, -0.2) is 4.98 Å². The van der Waals surface area contributed by atoms with Crippen LogP contribution in [0, 0.1) is 0 Å². The Morgan fingerprint density at radius 1 is 1.21 bits per heavy atom. The number of benzene rings is 1. The number of halogens is 3. The molecular weight excluding hydrogens is 403 g/mol. The number of nitrogens with one attached hydrogen (secondary N) is 1. The third-order valence-corrected chi connectivity index (χ3v) is 5.05. The Hall–Kier alpha value is -2.13. The number of hydrogen-bond acceptors (Lipinski definition) is 6. The van der Waals surface area contributed by atoms with Gasteiger partial charge in [0.2, 0.25) is 0 Å². The molecule has 0 unspecified atom stereocenters. The molecule has 0 spiro atoms. The van der Waals surface area contributed by atoms with Crippen LogP contribution in [0.15, 0.2) is 35.6 Å². The SMILES string of the molecule is CCCCNCCCO/N=C(/c1cccc(OC(F)(F)F)c1)c1ncc(CC)s1. The number of thiazole rings is 1. The van der Waals surface area contributed by atoms with E-state index < -0.39 is 6.36 Å². The highest BCUT2D eigenvalue weighted by Crippen LogP contribution is 2.25. The van der Waals surface area contributed by atoms with Gasteiger partial charge in [0, 0.05) is 16.6 Å². The van der Waals surface area contributed by atoms with Gasteiger partial charge in [-0.2, -0.15) is 0 Å². The van der Waals surface area contributed by atoms with Crippen molar-refractivity contribution in [1.29, 1.82) is 0 Å². The molecule has 0 aliphatic carbocycles. The zero-order valence-corrected chi connectivity index (χ0v) is 17.4. The largest absolute Gasteiger partial charge is 0.573 e. The van der Waals surface area contributed by atoms with Crippen molar-refractivity contribution in [2.45, 2.75) is 45.9 Å². The molecule has 0 amide bonds. The van der Waals surface area contributed by atoms with Crippen molar-refractivity contribution < 1.29 is 22.7 Å². The first-order chi connectivity index (χ1) is 13.9. The molecule has 5 nitrogen and oxygen atoms in total. The Morgan fingerprint density at radius 2 is 2.00 bits per heavy atom. The van der Waals surface area contributed by atoms with E-state index in [-0.39, 0.29) is 5.75 Å². The molecule has 2 rings (SSSR count). The molecule has 29 heavy (non-hydrogen) atoms. The van der Waals surface area contributed by atoms with E-state index in [1.54, 1.807) is 12.3 Å². The summed E-state index contributed by atoms with van der Waals surface area (Å²) in [6.45, 7) is 6.33. The molecule has 0 saturated carbocycles. The van der Waals surface area contributed by atoms with Crippen LogP contribution in [0.25, 0.3) is 0 Å². The molecule has 9 heteroatoms. The molecule has 1 heterocycles. The number of hydrogen-bond donors (Lipinski definition) is 1. The number of alkyl halides is 3. The Labute approximate surface area is 172 Å². The second-order valence-electron chi connectivity index (χ2n) is 6.29. The van der Waals surface area contributed by atoms with Crippen molar-refractivity contribution in [1.82, 2.24) is 10.3 Å². The standard InChI is InChI=1S/C20H26F3N3O2S/c1-3-5-10-24-11-7-12-27-26-18(19-25-14-17(4-2)29-19)15-8-6-9-16(13-15)28-20(21,22)23/h6,8-9,13-14,24H,3-5,7,10-12H2,1-2H3/b26-18-. The maximum Gasteiger partial charge on any atom is 0.573 e. The van der Waals surface area contributed by atoms with Crippen LogP contribution in [-0.2, 0) is 11.3 Å². The number of aromatic nitrogens is 1. The number of unbranched alkanes of at least 4 members (excludes halogenated alkanes) is 1. The van der Waals surface area contributed by atoms with E-state index in [2.05, 4.69) is 27.1 Å². The predicted octanol–water partition coefficient (Wildman–Crippen LogP) is 5.15. The summed E-state index contributed by atoms with van der Waals surface area (Å²) in [5, 5.41) is 8.09. The van der Waals surface area contributed by atoms with Gasteiger partial charge in [0.25, 0.3) is 0 Å². The van der Waals surface area contributed by atoms with Gasteiger partial charge in [0.1, 0.15) is 23.1 Å². The number of aryl methyl sites for hydroxylation is 1. The third kappa shape index (κ3) is 8.41. The number of nitrogens with zero attached hydrogens (tertiary/aromatic N) is 2. The quantitative estimate of drug-likeness (QED) is 0.288. The molecule has 0 aliphatic heterocycles. The fraction of sp³-hybridized carbons (Fsp3) is 0.500. The molecule has 1 aromatic carbocycles. The molecular formula is C20H26F3N3O2S. The minimum Gasteiger partial charge on any atom is -0.406 e. The predicted molar refractivity (Wildman–Crippen MR) is 109 cm³/mol. The lowest BCUT2D eigenvalue weighted by molar-refractivity contribution is -0.274. The molecule has 0 fully saturated rings. The highest BCUT2D eigenvalue weighted by atomic mass is 32.1. The van der Waals surface area contributed by atoms with Crippen LogP contribution < -0.4 is 10.1 Å². The molecule has 1 N–H and O–H groups in total. The monoisotopic (exact) mass is 429 g/mol. The molecule has 0 radical (unpaired) electrons. The lowest BCUT2D eigenvalue weighted by Crippen LogP contribution is -2.18. The van der Waals surface area contributed by atoms with Crippen molar-refractivity contribution in [2.24, 2.45) is 5.16 Å². The van der Waals surface area contributed by atoms with Crippen LogP contribution in [-0.4, -0.2) is 36.8 Å². The van der Waals surface area contributed by atoms with Gasteiger partial charge >= 0.3 is 6.36 Å². The fourth-order valence-corrected chi connectivity index (χ4v) is 3.29. The van der Waals surface area contributed by atoms with E-state index in [1.165, 1.54) is 29.5 Å². The van der Waals surface area contributed by atoms with Crippen LogP contribution in [0.4, 0.5) is 13.2 Å². The average Bonchev–Trinajstić information content (AvgIpc) is 3.14. The van der Waals surface area contributed by atoms with Crippen LogP contribution in [0.3, 0.4) is 0 Å². The van der Waals surface area contributed by atoms with Gasteiger partial charge in [-0.15, -0.1) is 24.5 Å². The van der Waals surface area contributed by atoms with Gasteiger partial charge < -0.3 is 14.9 Å². The van der Waals surface area contributed by atoms with Crippen molar-refractivity contribution in [2.75, 3.05) is 19.7 Å². The van der Waals surface area contributed by atoms with Gasteiger partial charge in [0.15, 0.2) is 0 Å². The summed E-state index contributed by atoms with van der Waals surface area (Å²) in [4.78, 5) is 10.8. The first-order valence-electron chi connectivity index (χ1n) is 9.65. The van der Waals surface area contributed by atoms with Crippen LogP contribution >= 0.6 is 11.3 Å². The van der Waals surface area contributed by atoms with E-state index in [1.807, 2.05) is 6.92 Å². The maximum atomic E-state index is 12.6. The lowest BCUT2D eigenvalue weighted by Gasteiger charge is -2.10. The minimum atomic E-state index is -4.76. The van der Waals surface area contributed by atoms with Gasteiger partial charge in [-0.05, 0) is 44.5 Å². The molecule has 0 bridgehead atoms. The van der Waals surface area contributed by atoms with E-state index in [0.29, 0.717) is 22.9 Å². The molecule has 0 saturated heterocycles. The summed E-state index contributed by atoms with van der Waals surface area (Å²) < 4.78 is 41.7. The van der Waals surface area contributed by atoms with Crippen molar-refractivity contribution >= 4 is 17.0 Å². The topological polar surface area (TPSA) is 55.7 Å². The summed E-state index contributed by atoms with van der Waals surface area (Å²) in [6.07, 6.45) is 0.838. The van der Waals surface area contributed by atoms with E-state index in [9.17, 15) is 13.2 Å². The van der Waals surface area contributed by atoms with Crippen molar-refractivity contribution in [3.8, 4) is 5.75 Å². The summed E-state index contributed by atoms with van der Waals surface area (Å²) in [5.74, 6) is -0.310. The van der Waals surface area contributed by atoms with Gasteiger partial charge in [-0.3, -0.25) is 0 Å². The summed E-state index contributed by atoms with van der Waals surface area (Å²) in [7, 11) is 0. The van der Waals surface area contributed by atoms with Crippen LogP contribution in [0.1, 0.15) is 48.6 Å². The van der Waals surface area contributed by atoms with E-state index >= 15 is 0 Å². The molecule has 0 atom stereocenters. The Balaban J connectivity index is 2.10. The van der Waals surface area contributed by atoms with Crippen molar-refractivity contribution in [3.63, 3.8) is 0 Å². The second kappa shape index (κ2) is 11.8. The number of oxime groups is 1. The Morgan fingerprint density at radius 3 is 2.69 bits per heavy atom. The smallest absolute Gasteiger partial charge is 0.406 e. The second-order valence-corrected chi connectivity index (χ2v) is 7.41. The zero-order chi connectivity index (χ0) is 21.1. The summed E-state index contributed by atoms with van der Waals surface area (Å²) in [6, 6.07) is 5.68. The Kier molecular flexibility index (Phi) is 9.40. The fourth-order valence-electron chi connectivity index (χ4n) is 2.43. The maximum absolute atomic E-state index is 12.6. The zero-order valence-electron chi connectivity index (χ0n) is 16.6. The van der Waals surface area contributed by atoms with Crippen molar-refractivity contribution in [3.05, 3.63) is 45.9 Å². The highest BCUT2D eigenvalue weighted by molar-refractivity contribution is 7.13. The first-order valence-corrected chi connectivity index (χ1v) is 10.5. The van der Waals surface area contributed by atoms with Crippen LogP contribution in [0.2, 0.25) is 0 Å². The van der Waals surface area contributed by atoms with E-state index in [0.717, 1.165) is 43.6 Å². The average molecular weight is 430 g/mol. The summed E-state index contributed by atoms with van der Waals surface area (Å²) >= 11 is 1.43. The first kappa shape index (κ1) is 23.2. The molecule has 2 aromatic rings. The number of ether oxygens (including phenoxy) is 1. The van der Waals surface area contributed by atoms with Gasteiger partial charge in [-0.1, -0.05) is 37.6 Å². The summed E-state index contributed by atoms with van der Waals surface area (Å²) in [5.41, 5.74) is 0.839. The normalized spacial score (nSPS) is 12.2. The highest BCUT2D eigenvalue weighted by Gasteiger charge is 2.31. The third-order valence-electron chi connectivity index (χ3n) is 3.90. The minimum absolute atomic E-state index is 0.310. The lowest BCUT2D eigenvalue weighted by atomic mass is 10.1. The van der Waals surface area contributed by atoms with Gasteiger partial charge in [0.05, 0.1) is 0 Å². The molecule has 160 valence electrons. The van der Waals surface area contributed by atoms with Crippen LogP contribution in [0.5, 0.6) is 5.75 Å². The Bertz CT molecular complexity index is 778. The van der Waals surface area contributed by atoms with E-state index in [4.69, 9.17) is 4.84 Å². The molecule has 0 aliphatic rings. The number of rotatable bonds is 12. The molecule has 1 aromatic heterocycles.